The average Bonchev–Trinajstić information content (AvgIpc) is 2.96. The van der Waals surface area contributed by atoms with E-state index in [4.69, 9.17) is 0 Å². The lowest BCUT2D eigenvalue weighted by molar-refractivity contribution is 0.871. The van der Waals surface area contributed by atoms with Crippen LogP contribution in [0.5, 0.6) is 0 Å². The van der Waals surface area contributed by atoms with Crippen LogP contribution in [0.3, 0.4) is 0 Å². The summed E-state index contributed by atoms with van der Waals surface area (Å²) in [5.41, 5.74) is 3.55. The monoisotopic (exact) mass is 266 g/mol. The maximum atomic E-state index is 4.08. The third-order valence-electron chi connectivity index (χ3n) is 2.53. The van der Waals surface area contributed by atoms with Gasteiger partial charge in [0.25, 0.3) is 0 Å². The van der Waals surface area contributed by atoms with Gasteiger partial charge < -0.3 is 9.13 Å². The molecule has 0 amide bonds. The first-order chi connectivity index (χ1) is 9.02. The zero-order chi connectivity index (χ0) is 15.4. The summed E-state index contributed by atoms with van der Waals surface area (Å²) >= 11 is 0. The topological polar surface area (TPSA) is 35.6 Å². The Morgan fingerprint density at radius 3 is 1.47 bits per heavy atom. The number of nitrogens with zero attached hydrogens (tertiary/aromatic N) is 4. The quantitative estimate of drug-likeness (QED) is 0.726. The van der Waals surface area contributed by atoms with E-state index in [-0.39, 0.29) is 0 Å². The fourth-order valence-electron chi connectivity index (χ4n) is 1.03. The maximum Gasteiger partial charge on any atom is 0.0948 e. The predicted molar refractivity (Wildman–Crippen MR) is 83.3 cm³/mol. The van der Waals surface area contributed by atoms with Crippen LogP contribution in [0.25, 0.3) is 0 Å². The van der Waals surface area contributed by atoms with E-state index in [2.05, 4.69) is 16.9 Å². The van der Waals surface area contributed by atoms with Crippen molar-refractivity contribution in [1.29, 1.82) is 0 Å². The van der Waals surface area contributed by atoms with E-state index >= 15 is 0 Å². The molecule has 110 valence electrons. The molecule has 0 unspecified atom stereocenters. The number of hydrogen-bond donors (Lipinski definition) is 0. The van der Waals surface area contributed by atoms with E-state index in [0.717, 1.165) is 5.69 Å². The van der Waals surface area contributed by atoms with Crippen LogP contribution in [0, 0.1) is 20.8 Å². The van der Waals surface area contributed by atoms with E-state index < -0.39 is 0 Å². The Balaban J connectivity index is 0. The molecule has 0 saturated carbocycles. The molecule has 19 heavy (non-hydrogen) atoms. The van der Waals surface area contributed by atoms with Crippen LogP contribution >= 0.6 is 0 Å². The largest absolute Gasteiger partial charge is 0.338 e. The van der Waals surface area contributed by atoms with Crippen molar-refractivity contribution in [2.75, 3.05) is 0 Å². The second-order valence-corrected chi connectivity index (χ2v) is 3.67. The molecule has 0 spiro atoms. The Labute approximate surface area is 118 Å². The van der Waals surface area contributed by atoms with Gasteiger partial charge in [-0.3, -0.25) is 0 Å². The highest BCUT2D eigenvalue weighted by atomic mass is 15.0. The third kappa shape index (κ3) is 7.44. The zero-order valence-electron chi connectivity index (χ0n) is 14.0. The molecule has 0 atom stereocenters. The van der Waals surface area contributed by atoms with Crippen molar-refractivity contribution in [2.24, 2.45) is 14.1 Å². The highest BCUT2D eigenvalue weighted by Gasteiger charge is 1.93. The van der Waals surface area contributed by atoms with Gasteiger partial charge in [0.15, 0.2) is 0 Å². The van der Waals surface area contributed by atoms with Crippen molar-refractivity contribution in [1.82, 2.24) is 19.1 Å². The number of hydrogen-bond acceptors (Lipinski definition) is 2. The lowest BCUT2D eigenvalue weighted by Gasteiger charge is -1.90. The standard InChI is InChI=1S/C6H10N2.C5H8N2.2C2H6/c1-5-6(2)8(3)4-7-5;1-5-3-6-4-7(5)2;2*1-2/h4H,1-3H3;3-4H,1-2H3;2*1-2H3. The van der Waals surface area contributed by atoms with Crippen LogP contribution in [-0.4, -0.2) is 19.1 Å². The molecule has 0 aromatic carbocycles. The summed E-state index contributed by atoms with van der Waals surface area (Å²) in [4.78, 5) is 7.96. The molecular formula is C15H30N4. The van der Waals surface area contributed by atoms with Gasteiger partial charge in [0.05, 0.1) is 18.3 Å². The Kier molecular flexibility index (Phi) is 12.0. The molecule has 0 saturated heterocycles. The van der Waals surface area contributed by atoms with Crippen LogP contribution in [0.15, 0.2) is 18.9 Å². The first kappa shape index (κ1) is 19.8. The minimum absolute atomic E-state index is 1.12. The summed E-state index contributed by atoms with van der Waals surface area (Å²) in [6, 6.07) is 0. The summed E-state index contributed by atoms with van der Waals surface area (Å²) in [5, 5.41) is 0. The molecule has 2 aromatic heterocycles. The number of rotatable bonds is 0. The van der Waals surface area contributed by atoms with Crippen molar-refractivity contribution in [3.8, 4) is 0 Å². The van der Waals surface area contributed by atoms with E-state index in [1.165, 1.54) is 11.4 Å². The van der Waals surface area contributed by atoms with Crippen molar-refractivity contribution >= 4 is 0 Å². The van der Waals surface area contributed by atoms with Gasteiger partial charge in [-0.05, 0) is 20.8 Å². The first-order valence-corrected chi connectivity index (χ1v) is 6.89. The summed E-state index contributed by atoms with van der Waals surface area (Å²) in [6.45, 7) is 14.1. The van der Waals surface area contributed by atoms with Crippen LogP contribution in [0.2, 0.25) is 0 Å². The van der Waals surface area contributed by atoms with E-state index in [1.54, 1.807) is 6.33 Å². The molecule has 2 rings (SSSR count). The summed E-state index contributed by atoms with van der Waals surface area (Å²) in [5.74, 6) is 0. The highest BCUT2D eigenvalue weighted by Crippen LogP contribution is 1.99. The SMILES string of the molecule is CC.CC.Cc1cncn1C.Cc1ncn(C)c1C. The molecular weight excluding hydrogens is 236 g/mol. The fraction of sp³-hybridized carbons (Fsp3) is 0.600. The molecule has 2 heterocycles. The van der Waals surface area contributed by atoms with Gasteiger partial charge >= 0.3 is 0 Å². The molecule has 0 aliphatic rings. The second kappa shape index (κ2) is 11.5. The van der Waals surface area contributed by atoms with Gasteiger partial charge in [0, 0.05) is 31.7 Å². The summed E-state index contributed by atoms with van der Waals surface area (Å²) in [6.07, 6.45) is 5.44. The molecule has 0 radical (unpaired) electrons. The van der Waals surface area contributed by atoms with E-state index in [1.807, 2.05) is 77.3 Å². The van der Waals surface area contributed by atoms with Crippen molar-refractivity contribution in [2.45, 2.75) is 48.5 Å². The van der Waals surface area contributed by atoms with Crippen LogP contribution < -0.4 is 0 Å². The molecule has 4 nitrogen and oxygen atoms in total. The molecule has 0 bridgehead atoms. The second-order valence-electron chi connectivity index (χ2n) is 3.67. The van der Waals surface area contributed by atoms with Gasteiger partial charge in [0.1, 0.15) is 0 Å². The van der Waals surface area contributed by atoms with Gasteiger partial charge in [0.2, 0.25) is 0 Å². The Hall–Kier alpha value is -1.58. The number of aromatic nitrogens is 4. The lowest BCUT2D eigenvalue weighted by Crippen LogP contribution is -1.87. The molecule has 0 N–H and O–H groups in total. The van der Waals surface area contributed by atoms with E-state index in [0.29, 0.717) is 0 Å². The minimum atomic E-state index is 1.12. The molecule has 0 fully saturated rings. The molecule has 0 aliphatic heterocycles. The Bertz CT molecular complexity index is 391. The predicted octanol–water partition coefficient (Wildman–Crippen LogP) is 3.82. The smallest absolute Gasteiger partial charge is 0.0948 e. The fourth-order valence-corrected chi connectivity index (χ4v) is 1.03. The third-order valence-corrected chi connectivity index (χ3v) is 2.53. The molecule has 0 aliphatic carbocycles. The normalized spacial score (nSPS) is 8.26. The van der Waals surface area contributed by atoms with Gasteiger partial charge in [-0.1, -0.05) is 27.7 Å². The van der Waals surface area contributed by atoms with Crippen molar-refractivity contribution in [3.63, 3.8) is 0 Å². The number of aryl methyl sites for hydroxylation is 4. The summed E-state index contributed by atoms with van der Waals surface area (Å²) in [7, 11) is 3.97. The molecule has 4 heteroatoms. The number of imidazole rings is 2. The van der Waals surface area contributed by atoms with Gasteiger partial charge in [-0.2, -0.15) is 0 Å². The van der Waals surface area contributed by atoms with Gasteiger partial charge in [-0.15, -0.1) is 0 Å². The van der Waals surface area contributed by atoms with Crippen molar-refractivity contribution < 1.29 is 0 Å². The van der Waals surface area contributed by atoms with Crippen LogP contribution in [0.1, 0.15) is 44.8 Å². The van der Waals surface area contributed by atoms with E-state index in [9.17, 15) is 0 Å². The maximum absolute atomic E-state index is 4.08. The molecule has 2 aromatic rings. The van der Waals surface area contributed by atoms with Crippen molar-refractivity contribution in [3.05, 3.63) is 35.9 Å². The first-order valence-electron chi connectivity index (χ1n) is 6.89. The minimum Gasteiger partial charge on any atom is -0.338 e. The van der Waals surface area contributed by atoms with Crippen LogP contribution in [-0.2, 0) is 14.1 Å². The Morgan fingerprint density at radius 1 is 0.842 bits per heavy atom. The summed E-state index contributed by atoms with van der Waals surface area (Å²) < 4.78 is 3.98. The Morgan fingerprint density at radius 2 is 1.37 bits per heavy atom. The lowest BCUT2D eigenvalue weighted by atomic mass is 10.4. The van der Waals surface area contributed by atoms with Crippen LogP contribution in [0.4, 0.5) is 0 Å². The zero-order valence-corrected chi connectivity index (χ0v) is 14.0. The van der Waals surface area contributed by atoms with Gasteiger partial charge in [-0.25, -0.2) is 9.97 Å². The average molecular weight is 266 g/mol. The highest BCUT2D eigenvalue weighted by molar-refractivity contribution is 5.07.